The maximum absolute atomic E-state index is 8.59. The van der Waals surface area contributed by atoms with E-state index in [0.29, 0.717) is 13.2 Å². The number of aliphatic hydroxyl groups excluding tert-OH is 1. The molecule has 1 atom stereocenters. The van der Waals surface area contributed by atoms with Gasteiger partial charge in [0.15, 0.2) is 0 Å². The Labute approximate surface area is 126 Å². The van der Waals surface area contributed by atoms with Crippen LogP contribution in [0.3, 0.4) is 0 Å². The lowest BCUT2D eigenvalue weighted by Gasteiger charge is -2.12. The Morgan fingerprint density at radius 1 is 0.800 bits per heavy atom. The second-order valence-electron chi connectivity index (χ2n) is 5.66. The zero-order valence-corrected chi connectivity index (χ0v) is 13.7. The van der Waals surface area contributed by atoms with E-state index in [1.807, 2.05) is 6.92 Å². The van der Waals surface area contributed by atoms with Crippen molar-refractivity contribution in [1.82, 2.24) is 0 Å². The minimum Gasteiger partial charge on any atom is -0.394 e. The molecule has 0 aliphatic rings. The van der Waals surface area contributed by atoms with Gasteiger partial charge in [0.1, 0.15) is 0 Å². The average molecular weight is 288 g/mol. The molecule has 0 fully saturated rings. The van der Waals surface area contributed by atoms with Crippen LogP contribution in [0.25, 0.3) is 0 Å². The lowest BCUT2D eigenvalue weighted by Crippen LogP contribution is -2.17. The Kier molecular flexibility index (Phi) is 16.8. The monoisotopic (exact) mass is 288 g/mol. The predicted molar refractivity (Wildman–Crippen MR) is 85.2 cm³/mol. The molecule has 0 heterocycles. The maximum atomic E-state index is 8.59. The van der Waals surface area contributed by atoms with Gasteiger partial charge in [0.25, 0.3) is 0 Å². The van der Waals surface area contributed by atoms with Crippen LogP contribution in [0, 0.1) is 0 Å². The Bertz CT molecular complexity index is 174. The number of aliphatic hydroxyl groups is 1. The fourth-order valence-electron chi connectivity index (χ4n) is 2.24. The van der Waals surface area contributed by atoms with Crippen molar-refractivity contribution in [1.29, 1.82) is 0 Å². The van der Waals surface area contributed by atoms with Gasteiger partial charge in [0.2, 0.25) is 0 Å². The second kappa shape index (κ2) is 16.9. The number of ether oxygens (including phenoxy) is 2. The first kappa shape index (κ1) is 19.9. The largest absolute Gasteiger partial charge is 0.394 e. The molecule has 0 radical (unpaired) electrons. The third-order valence-electron chi connectivity index (χ3n) is 3.49. The van der Waals surface area contributed by atoms with Crippen LogP contribution in [0.5, 0.6) is 0 Å². The summed E-state index contributed by atoms with van der Waals surface area (Å²) >= 11 is 0. The molecule has 0 aromatic heterocycles. The van der Waals surface area contributed by atoms with Crippen LogP contribution in [-0.4, -0.2) is 37.6 Å². The number of hydrogen-bond acceptors (Lipinski definition) is 3. The summed E-state index contributed by atoms with van der Waals surface area (Å²) in [5.74, 6) is 0. The fraction of sp³-hybridized carbons (Fsp3) is 1.00. The predicted octanol–water partition coefficient (Wildman–Crippen LogP) is 4.32. The van der Waals surface area contributed by atoms with Gasteiger partial charge < -0.3 is 14.6 Å². The molecule has 0 aromatic rings. The first-order chi connectivity index (χ1) is 9.81. The van der Waals surface area contributed by atoms with E-state index in [2.05, 4.69) is 6.92 Å². The lowest BCUT2D eigenvalue weighted by atomic mass is 10.1. The molecule has 0 spiro atoms. The normalized spacial score (nSPS) is 12.8. The third-order valence-corrected chi connectivity index (χ3v) is 3.49. The molecule has 0 rings (SSSR count). The zero-order valence-electron chi connectivity index (χ0n) is 13.7. The van der Waals surface area contributed by atoms with E-state index in [-0.39, 0.29) is 12.7 Å². The summed E-state index contributed by atoms with van der Waals surface area (Å²) in [5.41, 5.74) is 0. The van der Waals surface area contributed by atoms with Crippen molar-refractivity contribution in [2.24, 2.45) is 0 Å². The molecule has 122 valence electrons. The van der Waals surface area contributed by atoms with E-state index >= 15 is 0 Å². The maximum Gasteiger partial charge on any atom is 0.0780 e. The van der Waals surface area contributed by atoms with Crippen molar-refractivity contribution < 1.29 is 14.6 Å². The van der Waals surface area contributed by atoms with Gasteiger partial charge >= 0.3 is 0 Å². The van der Waals surface area contributed by atoms with E-state index in [9.17, 15) is 0 Å². The minimum atomic E-state index is 0.0885. The van der Waals surface area contributed by atoms with Gasteiger partial charge in [-0.2, -0.15) is 0 Å². The molecule has 1 unspecified atom stereocenters. The lowest BCUT2D eigenvalue weighted by molar-refractivity contribution is -0.0156. The Morgan fingerprint density at radius 2 is 1.35 bits per heavy atom. The van der Waals surface area contributed by atoms with Gasteiger partial charge in [-0.15, -0.1) is 0 Å². The molecule has 0 saturated carbocycles. The molecule has 0 aliphatic heterocycles. The highest BCUT2D eigenvalue weighted by Crippen LogP contribution is 2.10. The first-order valence-electron chi connectivity index (χ1n) is 8.61. The molecule has 20 heavy (non-hydrogen) atoms. The minimum absolute atomic E-state index is 0.0885. The molecular weight excluding hydrogens is 252 g/mol. The van der Waals surface area contributed by atoms with Crippen molar-refractivity contribution >= 4 is 0 Å². The Hall–Kier alpha value is -0.120. The quantitative estimate of drug-likeness (QED) is 0.430. The van der Waals surface area contributed by atoms with Crippen molar-refractivity contribution in [2.45, 2.75) is 84.2 Å². The summed E-state index contributed by atoms with van der Waals surface area (Å²) in [6.07, 6.45) is 13.7. The van der Waals surface area contributed by atoms with E-state index in [1.54, 1.807) is 0 Å². The van der Waals surface area contributed by atoms with E-state index in [4.69, 9.17) is 14.6 Å². The number of rotatable bonds is 16. The summed E-state index contributed by atoms with van der Waals surface area (Å²) in [6.45, 7) is 6.20. The van der Waals surface area contributed by atoms with E-state index < -0.39 is 0 Å². The van der Waals surface area contributed by atoms with Gasteiger partial charge in [0.05, 0.1) is 25.9 Å². The molecule has 0 amide bonds. The number of hydrogen-bond donors (Lipinski definition) is 1. The molecule has 0 aliphatic carbocycles. The van der Waals surface area contributed by atoms with Crippen molar-refractivity contribution in [3.8, 4) is 0 Å². The van der Waals surface area contributed by atoms with Crippen LogP contribution in [0.2, 0.25) is 0 Å². The van der Waals surface area contributed by atoms with Crippen LogP contribution >= 0.6 is 0 Å². The van der Waals surface area contributed by atoms with Crippen LogP contribution < -0.4 is 0 Å². The number of unbranched alkanes of at least 4 members (excludes halogenated alkanes) is 9. The summed E-state index contributed by atoms with van der Waals surface area (Å²) < 4.78 is 10.9. The summed E-state index contributed by atoms with van der Waals surface area (Å²) in [6, 6.07) is 0. The molecule has 1 N–H and O–H groups in total. The highest BCUT2D eigenvalue weighted by atomic mass is 16.5. The third kappa shape index (κ3) is 15.9. The van der Waals surface area contributed by atoms with Gasteiger partial charge in [-0.1, -0.05) is 64.7 Å². The van der Waals surface area contributed by atoms with Gasteiger partial charge in [-0.25, -0.2) is 0 Å². The highest BCUT2D eigenvalue weighted by Gasteiger charge is 2.01. The van der Waals surface area contributed by atoms with Crippen molar-refractivity contribution in [3.05, 3.63) is 0 Å². The molecule has 0 saturated heterocycles. The molecule has 0 bridgehead atoms. The highest BCUT2D eigenvalue weighted by molar-refractivity contribution is 4.50. The summed E-state index contributed by atoms with van der Waals surface area (Å²) in [5, 5.41) is 8.59. The summed E-state index contributed by atoms with van der Waals surface area (Å²) in [7, 11) is 0. The van der Waals surface area contributed by atoms with Gasteiger partial charge in [0, 0.05) is 6.61 Å². The van der Waals surface area contributed by atoms with E-state index in [1.165, 1.54) is 57.8 Å². The SMILES string of the molecule is CCCCCCCCCCCCOC(C)COCCO. The second-order valence-corrected chi connectivity index (χ2v) is 5.66. The van der Waals surface area contributed by atoms with Crippen LogP contribution in [0.15, 0.2) is 0 Å². The molecule has 3 heteroatoms. The fourth-order valence-corrected chi connectivity index (χ4v) is 2.24. The van der Waals surface area contributed by atoms with Gasteiger partial charge in [-0.05, 0) is 13.3 Å². The molecular formula is C17H36O3. The topological polar surface area (TPSA) is 38.7 Å². The van der Waals surface area contributed by atoms with Crippen LogP contribution in [0.4, 0.5) is 0 Å². The molecule has 3 nitrogen and oxygen atoms in total. The Balaban J connectivity index is 3.05. The van der Waals surface area contributed by atoms with E-state index in [0.717, 1.165) is 13.0 Å². The summed E-state index contributed by atoms with van der Waals surface area (Å²) in [4.78, 5) is 0. The first-order valence-corrected chi connectivity index (χ1v) is 8.61. The Morgan fingerprint density at radius 3 is 1.90 bits per heavy atom. The van der Waals surface area contributed by atoms with Crippen molar-refractivity contribution in [3.63, 3.8) is 0 Å². The average Bonchev–Trinajstić information content (AvgIpc) is 2.45. The standard InChI is InChI=1S/C17H36O3/c1-3-4-5-6-7-8-9-10-11-12-14-20-17(2)16-19-15-13-18/h17-18H,3-16H2,1-2H3. The van der Waals surface area contributed by atoms with Crippen LogP contribution in [0.1, 0.15) is 78.1 Å². The zero-order chi connectivity index (χ0) is 14.9. The van der Waals surface area contributed by atoms with Gasteiger partial charge in [-0.3, -0.25) is 0 Å². The smallest absolute Gasteiger partial charge is 0.0780 e. The van der Waals surface area contributed by atoms with Crippen molar-refractivity contribution in [2.75, 3.05) is 26.4 Å². The van der Waals surface area contributed by atoms with Crippen LogP contribution in [-0.2, 0) is 9.47 Å². The molecule has 0 aromatic carbocycles.